The molecule has 55 atom stereocenters. The van der Waals surface area contributed by atoms with Gasteiger partial charge in [0.25, 0.3) is 5.79 Å². The number of hydrogen-bond donors (Lipinski definition) is 36. The molecule has 0 radical (unpaired) electrons. The van der Waals surface area contributed by atoms with Gasteiger partial charge in [-0.05, 0) is 13.8 Å². The first kappa shape index (κ1) is 115. The van der Waals surface area contributed by atoms with E-state index in [4.69, 9.17) is 94.7 Å². The highest BCUT2D eigenvalue weighted by Gasteiger charge is 2.65. The van der Waals surface area contributed by atoms with Gasteiger partial charge in [-0.15, -0.1) is 0 Å². The van der Waals surface area contributed by atoms with E-state index in [1.807, 2.05) is 0 Å². The monoisotopic (exact) mass is 2020 g/mol. The molecule has 0 aliphatic carbocycles. The summed E-state index contributed by atoms with van der Waals surface area (Å²) in [5.41, 5.74) is 0. The zero-order chi connectivity index (χ0) is 102. The Morgan fingerprint density at radius 1 is 0.326 bits per heavy atom. The number of carbonyl (C=O) groups is 5. The van der Waals surface area contributed by atoms with Crippen LogP contribution in [-0.4, -0.2) is 596 Å². The lowest BCUT2D eigenvalue weighted by atomic mass is 9.88. The molecule has 10 aliphatic rings. The third-order valence-corrected chi connectivity index (χ3v) is 25.1. The van der Waals surface area contributed by atoms with Crippen molar-refractivity contribution in [3.8, 4) is 0 Å². The summed E-state index contributed by atoms with van der Waals surface area (Å²) in [6.07, 6.45) is -113. The van der Waals surface area contributed by atoms with Crippen LogP contribution in [-0.2, 0) is 119 Å². The van der Waals surface area contributed by atoms with E-state index in [9.17, 15) is 187 Å². The number of hydrogen-bond acceptors (Lipinski definition) is 56. The van der Waals surface area contributed by atoms with Crippen LogP contribution in [0.25, 0.3) is 0 Å². The van der Waals surface area contributed by atoms with Gasteiger partial charge >= 0.3 is 5.97 Å². The quantitative estimate of drug-likeness (QED) is 0.0271. The van der Waals surface area contributed by atoms with Crippen LogP contribution in [0.1, 0.15) is 48.0 Å². The van der Waals surface area contributed by atoms with Gasteiger partial charge in [-0.3, -0.25) is 19.2 Å². The molecule has 0 bridgehead atoms. The molecule has 0 unspecified atom stereocenters. The van der Waals surface area contributed by atoms with Crippen LogP contribution >= 0.6 is 0 Å². The summed E-state index contributed by atoms with van der Waals surface area (Å²) >= 11 is 0. The fourth-order valence-electron chi connectivity index (χ4n) is 17.6. The summed E-state index contributed by atoms with van der Waals surface area (Å²) in [4.78, 5) is 66.8. The average molecular weight is 2020 g/mol. The lowest BCUT2D eigenvalue weighted by Crippen LogP contribution is -2.72. The highest BCUT2D eigenvalue weighted by molar-refractivity contribution is 5.77. The lowest BCUT2D eigenvalue weighted by molar-refractivity contribution is -0.399. The molecule has 4 amide bonds. The number of aliphatic hydroxyl groups is 31. The van der Waals surface area contributed by atoms with E-state index in [2.05, 4.69) is 21.3 Å². The summed E-state index contributed by atoms with van der Waals surface area (Å²) in [7, 11) is 0. The Hall–Kier alpha value is -4.69. The Bertz CT molecular complexity index is 3800. The first-order valence-electron chi connectivity index (χ1n) is 43.9. The van der Waals surface area contributed by atoms with Crippen LogP contribution in [0.15, 0.2) is 0 Å². The number of rotatable bonds is 40. The van der Waals surface area contributed by atoms with Crippen molar-refractivity contribution in [2.75, 3.05) is 66.1 Å². The molecular formula is C77H130N4O57. The topological polar surface area (TPSA) is 965 Å². The smallest absolute Gasteiger partial charge is 0.364 e. The minimum atomic E-state index is -3.44. The van der Waals surface area contributed by atoms with Crippen LogP contribution in [0.4, 0.5) is 0 Å². The minimum Gasteiger partial charge on any atom is -0.477 e. The van der Waals surface area contributed by atoms with Crippen LogP contribution in [0.2, 0.25) is 0 Å². The molecule has 0 aromatic carbocycles. The largest absolute Gasteiger partial charge is 0.477 e. The van der Waals surface area contributed by atoms with E-state index in [1.54, 1.807) is 0 Å². The summed E-state index contributed by atoms with van der Waals surface area (Å²) in [6.45, 7) is -6.89. The highest BCUT2D eigenvalue weighted by Crippen LogP contribution is 2.44. The van der Waals surface area contributed by atoms with Crippen LogP contribution in [0.3, 0.4) is 0 Å². The van der Waals surface area contributed by atoms with Crippen molar-refractivity contribution in [3.63, 3.8) is 0 Å². The van der Waals surface area contributed by atoms with Crippen LogP contribution < -0.4 is 21.3 Å². The Morgan fingerprint density at radius 2 is 0.645 bits per heavy atom. The number of aliphatic carboxylic acids is 1. The number of amides is 4. The third-order valence-electron chi connectivity index (χ3n) is 25.1. The third kappa shape index (κ3) is 25.6. The second-order valence-electron chi connectivity index (χ2n) is 34.9. The molecule has 61 heteroatoms. The van der Waals surface area contributed by atoms with Crippen molar-refractivity contribution >= 4 is 29.6 Å². The first-order chi connectivity index (χ1) is 65.0. The maximum absolute atomic E-state index is 13.9. The molecule has 0 saturated carbocycles. The van der Waals surface area contributed by atoms with Crippen molar-refractivity contribution in [1.29, 1.82) is 0 Å². The van der Waals surface area contributed by atoms with Gasteiger partial charge in [0.15, 0.2) is 56.6 Å². The number of nitrogens with one attached hydrogen (secondary N) is 4. The fourth-order valence-corrected chi connectivity index (χ4v) is 17.6. The van der Waals surface area contributed by atoms with E-state index in [0.717, 1.165) is 27.7 Å². The summed E-state index contributed by atoms with van der Waals surface area (Å²) in [5.74, 6) is -9.84. The van der Waals surface area contributed by atoms with Gasteiger partial charge in [-0.2, -0.15) is 0 Å². The molecule has 10 heterocycles. The van der Waals surface area contributed by atoms with E-state index in [0.29, 0.717) is 0 Å². The van der Waals surface area contributed by atoms with E-state index >= 15 is 0 Å². The van der Waals surface area contributed by atoms with Crippen molar-refractivity contribution in [2.45, 2.75) is 385 Å². The number of ether oxygens (including phenoxy) is 20. The maximum Gasteiger partial charge on any atom is 0.364 e. The van der Waals surface area contributed by atoms with Gasteiger partial charge in [-0.25, -0.2) is 4.79 Å². The highest BCUT2D eigenvalue weighted by atomic mass is 16.8. The molecule has 800 valence electrons. The van der Waals surface area contributed by atoms with Gasteiger partial charge in [0.1, 0.15) is 250 Å². The molecule has 10 saturated heterocycles. The van der Waals surface area contributed by atoms with Crippen LogP contribution in [0.5, 0.6) is 0 Å². The van der Waals surface area contributed by atoms with Crippen molar-refractivity contribution in [1.82, 2.24) is 21.3 Å². The molecule has 138 heavy (non-hydrogen) atoms. The van der Waals surface area contributed by atoms with Crippen molar-refractivity contribution in [2.24, 2.45) is 0 Å². The fraction of sp³-hybridized carbons (Fsp3) is 0.935. The van der Waals surface area contributed by atoms with Gasteiger partial charge in [0, 0.05) is 34.1 Å². The molecule has 0 aromatic rings. The van der Waals surface area contributed by atoms with Crippen molar-refractivity contribution in [3.05, 3.63) is 0 Å². The Balaban J connectivity index is 1.02. The van der Waals surface area contributed by atoms with E-state index in [1.165, 1.54) is 13.8 Å². The van der Waals surface area contributed by atoms with Crippen molar-refractivity contribution < 1.29 is 282 Å². The van der Waals surface area contributed by atoms with Crippen LogP contribution in [0, 0.1) is 0 Å². The second-order valence-corrected chi connectivity index (χ2v) is 34.9. The number of aliphatic hydroxyl groups excluding tert-OH is 31. The standard InChI is InChI=1S/C77H130N4O57/c1-18-39(99)48(108)51(111)70(120-18)130-59-33(16-90)127-69(38(81-23(6)94)63(59)134-75-56(116)66(46(106)31(14-88)125-75)138-77(76(117)118)7-24(95)35(78-20(3)91)61(137-77)42(102)26(97)9-83)136-65-47(107)34(128-74(55(65)115)129-57(27(98)10-84)41(101)25(96)8-82)17-119-67-37(80-22(5)93)62(133-71-52(112)49(109)40(100)19(2)121-71)58(32(15-89)126-67)131-73-54(114)64(45(105)30(13-87)124-73)135-68-36(79-21(4)92)60(44(104)29(12-86)122-68)132-72-53(113)50(110)43(103)28(11-85)123-72/h18-19,24-75,82-90,95-116H,7-17H2,1-6H3,(H,78,91)(H,79,92)(H,80,93)(H,81,94)(H,117,118)/t18-,19-,24-,25-,26+,27+,28+,29+,30+,31+,32+,33+,34+,35+,36+,37+,38+,39+,40+,41+,42+,43-,44+,45-,46-,47-,48+,49+,50-,51-,52-,53+,54+,55+,56+,57+,58+,59+,60+,61+,62+,63+,64-,65-,66-,67+,68-,69-,70-,71-,72-,73-,74-,75-,77-/m0/s1. The predicted molar refractivity (Wildman–Crippen MR) is 425 cm³/mol. The maximum atomic E-state index is 13.9. The summed E-state index contributed by atoms with van der Waals surface area (Å²) < 4.78 is 121. The average Bonchev–Trinajstić information content (AvgIpc) is 0.746. The van der Waals surface area contributed by atoms with Gasteiger partial charge in [0.05, 0.1) is 90.4 Å². The number of carboxylic acid groups (broad SMARTS) is 1. The Morgan fingerprint density at radius 3 is 1.07 bits per heavy atom. The normalized spacial score (nSPS) is 46.7. The van der Waals surface area contributed by atoms with Gasteiger partial charge < -0.3 is 279 Å². The minimum absolute atomic E-state index is 0.806. The molecule has 0 aromatic heterocycles. The summed E-state index contributed by atoms with van der Waals surface area (Å²) in [5, 5.41) is 368. The Labute approximate surface area is 781 Å². The number of carboxylic acids is 1. The molecule has 10 rings (SSSR count). The number of carbonyl (C=O) groups excluding carboxylic acids is 4. The molecule has 0 spiro atoms. The van der Waals surface area contributed by atoms with E-state index < -0.39 is 439 Å². The van der Waals surface area contributed by atoms with Gasteiger partial charge in [0.2, 0.25) is 23.6 Å². The predicted octanol–water partition coefficient (Wildman–Crippen LogP) is -23.5. The Kier molecular flexibility index (Phi) is 41.9. The van der Waals surface area contributed by atoms with E-state index in [-0.39, 0.29) is 0 Å². The lowest BCUT2D eigenvalue weighted by Gasteiger charge is -2.52. The molecule has 36 N–H and O–H groups in total. The SMILES string of the molecule is CC(=O)N[C@H]1[C@H](O[C@H]2[C@@H](O)[C@@H](CO[C@@H]3O[C@H](CO)[C@@H](O[C@@H]4O[C@H](CO)[C@H](O)[C@H](O[C@@H]5O[C@H](CO)[C@@H](O)[C@H](O[C@@H]6O[C@H](CO)[C@H](O)[C@H](O)[C@H]6O)[C@H]5NC(C)=O)[C@H]4O)[C@H](O[C@@H]4O[C@@H](C)[C@@H](O)[C@@H](O)[C@@H]4O)[C@H]3NC(C)=O)O[C@@H](O[C@@H]([C@H](O)[C@@H](O)CO)[C@H](O)CO)[C@@H]2O)O[C@H](CO)[C@@H](O[C@@H]2O[C@@H](C)[C@@H](O)[C@@H](O)[C@@H]2O)[C@@H]1O[C@@H]1O[C@H](CO)[C@H](O)[C@H](O[C@]2(C(=O)O)C[C@H](O)[C@@H](NC(C)=O)[C@H]([C@H](O)[C@H](O)CO)O2)[C@H]1O. The summed E-state index contributed by atoms with van der Waals surface area (Å²) in [6, 6.07) is -8.21. The molecule has 10 fully saturated rings. The first-order valence-corrected chi connectivity index (χ1v) is 43.9. The molecule has 10 aliphatic heterocycles. The second kappa shape index (κ2) is 50.1. The molecular weight excluding hydrogens is 1890 g/mol. The zero-order valence-electron chi connectivity index (χ0n) is 74.5. The molecule has 61 nitrogen and oxygen atoms in total. The van der Waals surface area contributed by atoms with Gasteiger partial charge in [-0.1, -0.05) is 0 Å². The zero-order valence-corrected chi connectivity index (χ0v) is 74.5.